The van der Waals surface area contributed by atoms with Gasteiger partial charge in [-0.05, 0) is 19.1 Å². The van der Waals surface area contributed by atoms with Gasteiger partial charge in [0.1, 0.15) is 0 Å². The highest BCUT2D eigenvalue weighted by Crippen LogP contribution is 2.08. The minimum Gasteiger partial charge on any atom is -0.286 e. The smallest absolute Gasteiger partial charge is 0.219 e. The van der Waals surface area contributed by atoms with Gasteiger partial charge in [0.2, 0.25) is 5.43 Å². The van der Waals surface area contributed by atoms with Crippen molar-refractivity contribution in [3.63, 3.8) is 0 Å². The van der Waals surface area contributed by atoms with E-state index < -0.39 is 0 Å². The van der Waals surface area contributed by atoms with E-state index >= 15 is 0 Å². The average molecular weight is 221 g/mol. The third-order valence-corrected chi connectivity index (χ3v) is 2.33. The second kappa shape index (κ2) is 3.87. The van der Waals surface area contributed by atoms with E-state index in [0.717, 1.165) is 11.4 Å². The summed E-state index contributed by atoms with van der Waals surface area (Å²) in [5.74, 6) is 0. The predicted molar refractivity (Wildman–Crippen MR) is 59.6 cm³/mol. The molecule has 0 spiro atoms. The van der Waals surface area contributed by atoms with Crippen molar-refractivity contribution in [2.45, 2.75) is 6.92 Å². The zero-order chi connectivity index (χ0) is 10.8. The van der Waals surface area contributed by atoms with Gasteiger partial charge in [-0.25, -0.2) is 4.68 Å². The van der Waals surface area contributed by atoms with Gasteiger partial charge in [0.15, 0.2) is 5.15 Å². The SMILES string of the molecule is Cc1cc(=O)c(Cl)nn1-c1ccccc1. The van der Waals surface area contributed by atoms with Crippen LogP contribution in [0.4, 0.5) is 0 Å². The molecule has 1 aromatic heterocycles. The maximum Gasteiger partial charge on any atom is 0.219 e. The topological polar surface area (TPSA) is 34.9 Å². The van der Waals surface area contributed by atoms with Crippen molar-refractivity contribution in [2.24, 2.45) is 0 Å². The summed E-state index contributed by atoms with van der Waals surface area (Å²) in [6.45, 7) is 1.82. The molecule has 1 heterocycles. The van der Waals surface area contributed by atoms with E-state index in [1.54, 1.807) is 4.68 Å². The molecule has 0 atom stereocenters. The number of nitrogens with zero attached hydrogens (tertiary/aromatic N) is 2. The summed E-state index contributed by atoms with van der Waals surface area (Å²) in [4.78, 5) is 11.2. The molecule has 0 N–H and O–H groups in total. The van der Waals surface area contributed by atoms with E-state index in [1.807, 2.05) is 37.3 Å². The highest BCUT2D eigenvalue weighted by atomic mass is 35.5. The number of benzene rings is 1. The summed E-state index contributed by atoms with van der Waals surface area (Å²) in [5, 5.41) is 4.00. The number of para-hydroxylation sites is 1. The van der Waals surface area contributed by atoms with Gasteiger partial charge in [0, 0.05) is 11.8 Å². The van der Waals surface area contributed by atoms with Crippen LogP contribution in [-0.4, -0.2) is 9.78 Å². The minimum absolute atomic E-state index is 0.00977. The van der Waals surface area contributed by atoms with Gasteiger partial charge < -0.3 is 0 Å². The van der Waals surface area contributed by atoms with Gasteiger partial charge in [-0.3, -0.25) is 4.79 Å². The molecule has 3 nitrogen and oxygen atoms in total. The summed E-state index contributed by atoms with van der Waals surface area (Å²) < 4.78 is 1.64. The predicted octanol–water partition coefficient (Wildman–Crippen LogP) is 2.19. The van der Waals surface area contributed by atoms with Crippen molar-refractivity contribution >= 4 is 11.6 Å². The quantitative estimate of drug-likeness (QED) is 0.739. The summed E-state index contributed by atoms with van der Waals surface area (Å²) in [7, 11) is 0. The second-order valence-corrected chi connectivity index (χ2v) is 3.55. The molecule has 0 aliphatic rings. The van der Waals surface area contributed by atoms with Crippen LogP contribution in [0.2, 0.25) is 5.15 Å². The first kappa shape index (κ1) is 9.93. The molecule has 2 aromatic rings. The second-order valence-electron chi connectivity index (χ2n) is 3.19. The first-order valence-corrected chi connectivity index (χ1v) is 4.88. The van der Waals surface area contributed by atoms with Gasteiger partial charge in [-0.2, -0.15) is 5.10 Å². The molecule has 2 rings (SSSR count). The molecule has 0 saturated heterocycles. The van der Waals surface area contributed by atoms with Crippen LogP contribution in [0, 0.1) is 6.92 Å². The number of aromatic nitrogens is 2. The Labute approximate surface area is 91.9 Å². The molecular weight excluding hydrogens is 212 g/mol. The van der Waals surface area contributed by atoms with Crippen LogP contribution in [0.25, 0.3) is 5.69 Å². The van der Waals surface area contributed by atoms with E-state index in [4.69, 9.17) is 11.6 Å². The van der Waals surface area contributed by atoms with E-state index in [2.05, 4.69) is 5.10 Å². The normalized spacial score (nSPS) is 10.3. The highest BCUT2D eigenvalue weighted by molar-refractivity contribution is 6.29. The molecule has 0 amide bonds. The maximum atomic E-state index is 11.2. The van der Waals surface area contributed by atoms with E-state index in [0.29, 0.717) is 0 Å². The number of hydrogen-bond donors (Lipinski definition) is 0. The number of rotatable bonds is 1. The molecule has 0 unspecified atom stereocenters. The summed E-state index contributed by atoms with van der Waals surface area (Å²) in [6, 6.07) is 11.0. The highest BCUT2D eigenvalue weighted by Gasteiger charge is 2.04. The zero-order valence-corrected chi connectivity index (χ0v) is 8.90. The molecule has 0 aliphatic heterocycles. The fraction of sp³-hybridized carbons (Fsp3) is 0.0909. The number of halogens is 1. The molecule has 4 heteroatoms. The largest absolute Gasteiger partial charge is 0.286 e. The van der Waals surface area contributed by atoms with Crippen molar-refractivity contribution < 1.29 is 0 Å². The molecular formula is C11H9ClN2O. The molecule has 0 radical (unpaired) electrons. The average Bonchev–Trinajstić information content (AvgIpc) is 2.25. The molecule has 76 valence electrons. The Balaban J connectivity index is 2.64. The Morgan fingerprint density at radius 2 is 1.93 bits per heavy atom. The van der Waals surface area contributed by atoms with Crippen LogP contribution >= 0.6 is 11.6 Å². The third kappa shape index (κ3) is 1.92. The zero-order valence-electron chi connectivity index (χ0n) is 8.14. The lowest BCUT2D eigenvalue weighted by Crippen LogP contribution is -2.13. The first-order valence-electron chi connectivity index (χ1n) is 4.50. The third-order valence-electron chi connectivity index (χ3n) is 2.07. The van der Waals surface area contributed by atoms with Crippen LogP contribution < -0.4 is 5.43 Å². The molecule has 0 bridgehead atoms. The Morgan fingerprint density at radius 3 is 2.60 bits per heavy atom. The fourth-order valence-corrected chi connectivity index (χ4v) is 1.49. The van der Waals surface area contributed by atoms with Gasteiger partial charge in [-0.15, -0.1) is 0 Å². The van der Waals surface area contributed by atoms with Crippen molar-refractivity contribution in [1.29, 1.82) is 0 Å². The van der Waals surface area contributed by atoms with Gasteiger partial charge in [0.25, 0.3) is 0 Å². The van der Waals surface area contributed by atoms with E-state index in [-0.39, 0.29) is 10.6 Å². The Morgan fingerprint density at radius 1 is 1.27 bits per heavy atom. The summed E-state index contributed by atoms with van der Waals surface area (Å²) >= 11 is 5.69. The molecule has 0 fully saturated rings. The molecule has 15 heavy (non-hydrogen) atoms. The lowest BCUT2D eigenvalue weighted by Gasteiger charge is -2.08. The Hall–Kier alpha value is -1.61. The van der Waals surface area contributed by atoms with Crippen molar-refractivity contribution in [3.8, 4) is 5.69 Å². The van der Waals surface area contributed by atoms with Crippen LogP contribution in [0.1, 0.15) is 5.69 Å². The van der Waals surface area contributed by atoms with E-state index in [9.17, 15) is 4.79 Å². The van der Waals surface area contributed by atoms with Gasteiger partial charge >= 0.3 is 0 Å². The van der Waals surface area contributed by atoms with Crippen LogP contribution in [0.15, 0.2) is 41.2 Å². The monoisotopic (exact) mass is 220 g/mol. The molecule has 0 saturated carbocycles. The van der Waals surface area contributed by atoms with Crippen LogP contribution in [0.3, 0.4) is 0 Å². The molecule has 0 aliphatic carbocycles. The van der Waals surface area contributed by atoms with Gasteiger partial charge in [0.05, 0.1) is 5.69 Å². The van der Waals surface area contributed by atoms with Crippen molar-refractivity contribution in [2.75, 3.05) is 0 Å². The Kier molecular flexibility index (Phi) is 2.56. The van der Waals surface area contributed by atoms with Gasteiger partial charge in [-0.1, -0.05) is 29.8 Å². The van der Waals surface area contributed by atoms with E-state index in [1.165, 1.54) is 6.07 Å². The number of hydrogen-bond acceptors (Lipinski definition) is 2. The first-order chi connectivity index (χ1) is 7.18. The standard InChI is InChI=1S/C11H9ClN2O/c1-8-7-10(15)11(12)13-14(8)9-5-3-2-4-6-9/h2-7H,1H3. The lowest BCUT2D eigenvalue weighted by atomic mass is 10.3. The van der Waals surface area contributed by atoms with Crippen LogP contribution in [-0.2, 0) is 0 Å². The van der Waals surface area contributed by atoms with Crippen LogP contribution in [0.5, 0.6) is 0 Å². The Bertz CT molecular complexity index is 534. The maximum absolute atomic E-state index is 11.2. The summed E-state index contributed by atoms with van der Waals surface area (Å²) in [5.41, 5.74) is 1.40. The van der Waals surface area contributed by atoms with Crippen molar-refractivity contribution in [1.82, 2.24) is 9.78 Å². The lowest BCUT2D eigenvalue weighted by molar-refractivity contribution is 0.800. The summed E-state index contributed by atoms with van der Waals surface area (Å²) in [6.07, 6.45) is 0. The number of aryl methyl sites for hydroxylation is 1. The van der Waals surface area contributed by atoms with Crippen molar-refractivity contribution in [3.05, 3.63) is 57.5 Å². The minimum atomic E-state index is -0.249. The molecule has 1 aromatic carbocycles. The fourth-order valence-electron chi connectivity index (χ4n) is 1.36.